The van der Waals surface area contributed by atoms with E-state index in [1.807, 2.05) is 0 Å². The molecule has 3 nitrogen and oxygen atoms in total. The van der Waals surface area contributed by atoms with Crippen LogP contribution in [-0.2, 0) is 6.18 Å². The molecule has 0 fully saturated rings. The average Bonchev–Trinajstić information content (AvgIpc) is 2.06. The van der Waals surface area contributed by atoms with Crippen LogP contribution in [0.2, 0.25) is 0 Å². The van der Waals surface area contributed by atoms with Gasteiger partial charge in [0.15, 0.2) is 11.6 Å². The van der Waals surface area contributed by atoms with Gasteiger partial charge in [0.2, 0.25) is 0 Å². The fourth-order valence-corrected chi connectivity index (χ4v) is 0.890. The molecule has 0 aliphatic carbocycles. The summed E-state index contributed by atoms with van der Waals surface area (Å²) in [7, 11) is 0. The van der Waals surface area contributed by atoms with Crippen molar-refractivity contribution in [2.45, 2.75) is 12.6 Å². The molecule has 0 radical (unpaired) electrons. The number of nitrogens with two attached hydrogens (primary N) is 1. The van der Waals surface area contributed by atoms with Crippen LogP contribution in [0.5, 0.6) is 5.75 Å². The second-order valence-corrected chi connectivity index (χ2v) is 2.63. The van der Waals surface area contributed by atoms with E-state index in [1.165, 1.54) is 0 Å². The molecule has 0 aliphatic rings. The molecular formula is C7H5F5N2O. The average molecular weight is 228 g/mol. The lowest BCUT2D eigenvalue weighted by Crippen LogP contribution is -2.11. The van der Waals surface area contributed by atoms with E-state index < -0.39 is 35.4 Å². The summed E-state index contributed by atoms with van der Waals surface area (Å²) in [5, 5.41) is 8.92. The third kappa shape index (κ3) is 2.25. The second-order valence-electron chi connectivity index (χ2n) is 2.63. The maximum Gasteiger partial charge on any atom is 0.433 e. The van der Waals surface area contributed by atoms with Crippen LogP contribution >= 0.6 is 0 Å². The number of nitrogens with zero attached hydrogens (tertiary/aromatic N) is 1. The smallest absolute Gasteiger partial charge is 0.433 e. The summed E-state index contributed by atoms with van der Waals surface area (Å²) in [5.41, 5.74) is 2.11. The SMILES string of the molecule is Nc1nc(C(F)(F)F)cc(C(F)F)c1O. The predicted octanol–water partition coefficient (Wildman–Crippen LogP) is 2.33. The maximum atomic E-state index is 12.2. The minimum absolute atomic E-state index is 0.0658. The highest BCUT2D eigenvalue weighted by Gasteiger charge is 2.35. The number of aromatic hydroxyl groups is 1. The fraction of sp³-hybridized carbons (Fsp3) is 0.286. The summed E-state index contributed by atoms with van der Waals surface area (Å²) >= 11 is 0. The largest absolute Gasteiger partial charge is 0.504 e. The van der Waals surface area contributed by atoms with Gasteiger partial charge >= 0.3 is 6.18 Å². The molecule has 84 valence electrons. The minimum Gasteiger partial charge on any atom is -0.504 e. The topological polar surface area (TPSA) is 59.1 Å². The lowest BCUT2D eigenvalue weighted by Gasteiger charge is -2.10. The predicted molar refractivity (Wildman–Crippen MR) is 40.3 cm³/mol. The number of alkyl halides is 5. The Morgan fingerprint density at radius 2 is 1.87 bits per heavy atom. The van der Waals surface area contributed by atoms with Crippen LogP contribution < -0.4 is 5.73 Å². The fourth-order valence-electron chi connectivity index (χ4n) is 0.890. The van der Waals surface area contributed by atoms with E-state index in [0.29, 0.717) is 0 Å². The molecule has 0 spiro atoms. The highest BCUT2D eigenvalue weighted by molar-refractivity contribution is 5.52. The standard InChI is InChI=1S/C7H5F5N2O/c8-5(9)2-1-3(7(10,11)12)14-6(13)4(2)15/h1,5,15H,(H2,13,14). The van der Waals surface area contributed by atoms with Gasteiger partial charge < -0.3 is 10.8 Å². The van der Waals surface area contributed by atoms with Crippen LogP contribution in [0, 0.1) is 0 Å². The number of nitrogen functional groups attached to an aromatic ring is 1. The van der Waals surface area contributed by atoms with Gasteiger partial charge in [0.25, 0.3) is 6.43 Å². The van der Waals surface area contributed by atoms with Gasteiger partial charge in [-0.3, -0.25) is 0 Å². The molecule has 1 aromatic heterocycles. The molecule has 8 heteroatoms. The molecule has 0 saturated heterocycles. The Morgan fingerprint density at radius 1 is 1.33 bits per heavy atom. The van der Waals surface area contributed by atoms with Gasteiger partial charge in [-0.1, -0.05) is 0 Å². The summed E-state index contributed by atoms with van der Waals surface area (Å²) in [6.45, 7) is 0. The third-order valence-corrected chi connectivity index (χ3v) is 1.57. The first-order valence-electron chi connectivity index (χ1n) is 3.58. The molecule has 0 amide bonds. The van der Waals surface area contributed by atoms with Crippen LogP contribution in [0.3, 0.4) is 0 Å². The molecule has 0 bridgehead atoms. The van der Waals surface area contributed by atoms with Gasteiger partial charge in [0.05, 0.1) is 5.56 Å². The molecule has 0 unspecified atom stereocenters. The van der Waals surface area contributed by atoms with Gasteiger partial charge in [-0.2, -0.15) is 13.2 Å². The van der Waals surface area contributed by atoms with Crippen LogP contribution in [0.25, 0.3) is 0 Å². The lowest BCUT2D eigenvalue weighted by atomic mass is 10.2. The molecule has 0 saturated carbocycles. The molecular weight excluding hydrogens is 223 g/mol. The Morgan fingerprint density at radius 3 is 2.27 bits per heavy atom. The molecule has 3 N–H and O–H groups in total. The molecule has 1 rings (SSSR count). The first-order valence-corrected chi connectivity index (χ1v) is 3.58. The van der Waals surface area contributed by atoms with E-state index in [9.17, 15) is 22.0 Å². The first kappa shape index (κ1) is 11.5. The molecule has 0 aromatic carbocycles. The first-order chi connectivity index (χ1) is 6.73. The third-order valence-electron chi connectivity index (χ3n) is 1.57. The zero-order valence-corrected chi connectivity index (χ0v) is 7.02. The molecule has 0 atom stereocenters. The normalized spacial score (nSPS) is 12.1. The summed E-state index contributed by atoms with van der Waals surface area (Å²) in [5.74, 6) is -2.10. The van der Waals surface area contributed by atoms with Crippen LogP contribution in [-0.4, -0.2) is 10.1 Å². The van der Waals surface area contributed by atoms with E-state index in [2.05, 4.69) is 4.98 Å². The van der Waals surface area contributed by atoms with E-state index >= 15 is 0 Å². The van der Waals surface area contributed by atoms with Crippen molar-refractivity contribution in [1.82, 2.24) is 4.98 Å². The number of anilines is 1. The van der Waals surface area contributed by atoms with E-state index in [-0.39, 0.29) is 6.07 Å². The highest BCUT2D eigenvalue weighted by Crippen LogP contribution is 2.37. The van der Waals surface area contributed by atoms with Gasteiger partial charge in [0.1, 0.15) is 5.69 Å². The Balaban J connectivity index is 3.36. The number of hydrogen-bond acceptors (Lipinski definition) is 3. The Kier molecular flexibility index (Phi) is 2.69. The number of halogens is 5. The van der Waals surface area contributed by atoms with Gasteiger partial charge in [-0.15, -0.1) is 0 Å². The summed E-state index contributed by atoms with van der Waals surface area (Å²) in [6, 6.07) is 0.0658. The maximum absolute atomic E-state index is 12.2. The quantitative estimate of drug-likeness (QED) is 0.725. The Bertz CT molecular complexity index is 376. The summed E-state index contributed by atoms with van der Waals surface area (Å²) < 4.78 is 60.6. The molecule has 15 heavy (non-hydrogen) atoms. The van der Waals surface area contributed by atoms with Crippen molar-refractivity contribution in [2.75, 3.05) is 5.73 Å². The second kappa shape index (κ2) is 3.52. The van der Waals surface area contributed by atoms with Crippen LogP contribution in [0.4, 0.5) is 27.8 Å². The number of aromatic nitrogens is 1. The van der Waals surface area contributed by atoms with E-state index in [4.69, 9.17) is 10.8 Å². The summed E-state index contributed by atoms with van der Waals surface area (Å²) in [4.78, 5) is 2.76. The van der Waals surface area contributed by atoms with Crippen molar-refractivity contribution in [2.24, 2.45) is 0 Å². The highest BCUT2D eigenvalue weighted by atomic mass is 19.4. The van der Waals surface area contributed by atoms with Crippen molar-refractivity contribution >= 4 is 5.82 Å². The Hall–Kier alpha value is -1.60. The van der Waals surface area contributed by atoms with Crippen molar-refractivity contribution in [1.29, 1.82) is 0 Å². The number of rotatable bonds is 1. The van der Waals surface area contributed by atoms with E-state index in [0.717, 1.165) is 0 Å². The van der Waals surface area contributed by atoms with Crippen LogP contribution in [0.15, 0.2) is 6.07 Å². The Labute approximate surface area is 80.3 Å². The molecule has 1 aromatic rings. The van der Waals surface area contributed by atoms with Gasteiger partial charge in [-0.25, -0.2) is 13.8 Å². The zero-order chi connectivity index (χ0) is 11.8. The van der Waals surface area contributed by atoms with Crippen LogP contribution in [0.1, 0.15) is 17.7 Å². The number of hydrogen-bond donors (Lipinski definition) is 2. The molecule has 0 aliphatic heterocycles. The van der Waals surface area contributed by atoms with Crippen molar-refractivity contribution in [3.63, 3.8) is 0 Å². The summed E-state index contributed by atoms with van der Waals surface area (Å²) in [6.07, 6.45) is -8.14. The van der Waals surface area contributed by atoms with Gasteiger partial charge in [0, 0.05) is 0 Å². The number of pyridine rings is 1. The minimum atomic E-state index is -4.88. The monoisotopic (exact) mass is 228 g/mol. The lowest BCUT2D eigenvalue weighted by molar-refractivity contribution is -0.141. The van der Waals surface area contributed by atoms with Crippen molar-refractivity contribution in [3.8, 4) is 5.75 Å². The molecule has 1 heterocycles. The zero-order valence-electron chi connectivity index (χ0n) is 7.02. The van der Waals surface area contributed by atoms with E-state index in [1.54, 1.807) is 0 Å². The van der Waals surface area contributed by atoms with Crippen molar-refractivity contribution in [3.05, 3.63) is 17.3 Å². The van der Waals surface area contributed by atoms with Gasteiger partial charge in [-0.05, 0) is 6.07 Å². The van der Waals surface area contributed by atoms with Crippen molar-refractivity contribution < 1.29 is 27.1 Å².